The molecule has 1 aromatic heterocycles. The second kappa shape index (κ2) is 3.74. The molecule has 0 N–H and O–H groups in total. The number of halogens is 2. The Morgan fingerprint density at radius 2 is 2.31 bits per heavy atom. The summed E-state index contributed by atoms with van der Waals surface area (Å²) in [6.45, 7) is 0. The lowest BCUT2D eigenvalue weighted by Crippen LogP contribution is -1.86. The third-order valence-electron chi connectivity index (χ3n) is 1.80. The van der Waals surface area contributed by atoms with Crippen molar-refractivity contribution in [3.8, 4) is 5.75 Å². The van der Waals surface area contributed by atoms with E-state index in [1.807, 2.05) is 0 Å². The highest BCUT2D eigenvalue weighted by atomic mass is 127. The highest BCUT2D eigenvalue weighted by molar-refractivity contribution is 14.1. The van der Waals surface area contributed by atoms with Crippen molar-refractivity contribution in [2.24, 2.45) is 0 Å². The molecule has 0 fully saturated rings. The first-order chi connectivity index (χ1) is 6.24. The molecule has 0 radical (unpaired) electrons. The Balaban J connectivity index is 2.88. The van der Waals surface area contributed by atoms with Crippen LogP contribution in [0.3, 0.4) is 0 Å². The smallest absolute Gasteiger partial charge is 0.141 e. The van der Waals surface area contributed by atoms with Gasteiger partial charge in [-0.05, 0) is 56.0 Å². The Morgan fingerprint density at radius 1 is 1.54 bits per heavy atom. The molecule has 0 atom stereocenters. The zero-order chi connectivity index (χ0) is 9.42. The van der Waals surface area contributed by atoms with Gasteiger partial charge in [-0.2, -0.15) is 0 Å². The second-order valence-electron chi connectivity index (χ2n) is 2.54. The van der Waals surface area contributed by atoms with Gasteiger partial charge in [-0.25, -0.2) is 0 Å². The molecule has 1 nitrogen and oxygen atoms in total. The van der Waals surface area contributed by atoms with Gasteiger partial charge in [0.15, 0.2) is 0 Å². The fourth-order valence-corrected chi connectivity index (χ4v) is 4.07. The molecule has 1 heterocycles. The van der Waals surface area contributed by atoms with Crippen LogP contribution in [0.15, 0.2) is 22.0 Å². The van der Waals surface area contributed by atoms with E-state index < -0.39 is 0 Å². The topological polar surface area (TPSA) is 9.23 Å². The van der Waals surface area contributed by atoms with Gasteiger partial charge in [-0.3, -0.25) is 0 Å². The van der Waals surface area contributed by atoms with E-state index in [0.29, 0.717) is 0 Å². The molecule has 0 bridgehead atoms. The van der Waals surface area contributed by atoms with Crippen molar-refractivity contribution in [3.63, 3.8) is 0 Å². The number of fused-ring (bicyclic) bond motifs is 1. The predicted octanol–water partition coefficient (Wildman–Crippen LogP) is 4.28. The van der Waals surface area contributed by atoms with E-state index in [1.54, 1.807) is 18.4 Å². The van der Waals surface area contributed by atoms with E-state index >= 15 is 0 Å². The van der Waals surface area contributed by atoms with Crippen molar-refractivity contribution >= 4 is 59.9 Å². The Hall–Kier alpha value is 0.190. The van der Waals surface area contributed by atoms with Gasteiger partial charge >= 0.3 is 0 Å². The Labute approximate surface area is 102 Å². The maximum Gasteiger partial charge on any atom is 0.141 e. The lowest BCUT2D eigenvalue weighted by molar-refractivity contribution is 0.417. The zero-order valence-corrected chi connectivity index (χ0v) is 11.4. The van der Waals surface area contributed by atoms with Crippen LogP contribution in [0, 0.1) is 3.57 Å². The van der Waals surface area contributed by atoms with Crippen LogP contribution in [-0.4, -0.2) is 7.11 Å². The first-order valence-corrected chi connectivity index (χ1v) is 6.38. The lowest BCUT2D eigenvalue weighted by Gasteiger charge is -2.05. The molecule has 0 aliphatic carbocycles. The van der Waals surface area contributed by atoms with E-state index in [2.05, 4.69) is 56.0 Å². The Morgan fingerprint density at radius 3 is 3.00 bits per heavy atom. The summed E-state index contributed by atoms with van der Waals surface area (Å²) in [7, 11) is 1.70. The molecule has 2 aromatic rings. The summed E-state index contributed by atoms with van der Waals surface area (Å²) in [5.41, 5.74) is 0. The summed E-state index contributed by atoms with van der Waals surface area (Å²) in [5, 5.41) is 3.27. The average molecular weight is 369 g/mol. The monoisotopic (exact) mass is 368 g/mol. The molecule has 0 spiro atoms. The third-order valence-corrected chi connectivity index (χ3v) is 4.55. The van der Waals surface area contributed by atoms with Gasteiger partial charge in [0.05, 0.1) is 16.3 Å². The number of thiophene rings is 1. The molecule has 0 saturated carbocycles. The fourth-order valence-electron chi connectivity index (χ4n) is 1.25. The number of methoxy groups -OCH3 is 1. The first kappa shape index (κ1) is 9.73. The molecule has 0 amide bonds. The molecule has 0 aliphatic heterocycles. The van der Waals surface area contributed by atoms with Gasteiger partial charge < -0.3 is 4.74 Å². The van der Waals surface area contributed by atoms with Crippen LogP contribution in [0.25, 0.3) is 10.1 Å². The van der Waals surface area contributed by atoms with E-state index in [4.69, 9.17) is 4.74 Å². The maximum absolute atomic E-state index is 5.33. The summed E-state index contributed by atoms with van der Waals surface area (Å²) in [5.74, 6) is 0.927. The minimum atomic E-state index is 0.927. The zero-order valence-electron chi connectivity index (χ0n) is 6.80. The van der Waals surface area contributed by atoms with Crippen LogP contribution in [0.5, 0.6) is 5.75 Å². The molecule has 0 saturated heterocycles. The van der Waals surface area contributed by atoms with Crippen LogP contribution < -0.4 is 4.74 Å². The van der Waals surface area contributed by atoms with Crippen LogP contribution >= 0.6 is 49.9 Å². The number of hydrogen-bond acceptors (Lipinski definition) is 2. The van der Waals surface area contributed by atoms with Gasteiger partial charge in [-0.1, -0.05) is 0 Å². The fraction of sp³-hybridized carbons (Fsp3) is 0.111. The van der Waals surface area contributed by atoms with Crippen LogP contribution in [0.1, 0.15) is 0 Å². The molecule has 4 heteroatoms. The Kier molecular flexibility index (Phi) is 2.80. The standard InChI is InChI=1S/C9H6BrIOS/c1-12-8-5-2-3-13-9(5)7(11)4-6(8)10/h2-4H,1H3. The van der Waals surface area contributed by atoms with Crippen molar-refractivity contribution in [2.45, 2.75) is 0 Å². The van der Waals surface area contributed by atoms with E-state index in [0.717, 1.165) is 10.2 Å². The highest BCUT2D eigenvalue weighted by Crippen LogP contribution is 2.39. The number of hydrogen-bond donors (Lipinski definition) is 0. The molecule has 68 valence electrons. The number of benzene rings is 1. The van der Waals surface area contributed by atoms with E-state index in [1.165, 1.54) is 13.7 Å². The minimum absolute atomic E-state index is 0.927. The largest absolute Gasteiger partial charge is 0.495 e. The predicted molar refractivity (Wildman–Crippen MR) is 68.8 cm³/mol. The number of ether oxygens (including phenoxy) is 1. The molecular weight excluding hydrogens is 363 g/mol. The number of rotatable bonds is 1. The quantitative estimate of drug-likeness (QED) is 0.683. The lowest BCUT2D eigenvalue weighted by atomic mass is 10.2. The molecule has 0 aliphatic rings. The molecular formula is C9H6BrIOS. The van der Waals surface area contributed by atoms with Crippen LogP contribution in [0.4, 0.5) is 0 Å². The van der Waals surface area contributed by atoms with Crippen molar-refractivity contribution in [1.82, 2.24) is 0 Å². The van der Waals surface area contributed by atoms with Crippen molar-refractivity contribution < 1.29 is 4.74 Å². The SMILES string of the molecule is COc1c(Br)cc(I)c2sccc12. The summed E-state index contributed by atoms with van der Waals surface area (Å²) < 4.78 is 8.90. The molecule has 1 aromatic carbocycles. The summed E-state index contributed by atoms with van der Waals surface area (Å²) in [6, 6.07) is 4.17. The Bertz CT molecular complexity index is 452. The van der Waals surface area contributed by atoms with Crippen LogP contribution in [0.2, 0.25) is 0 Å². The third kappa shape index (κ3) is 1.59. The van der Waals surface area contributed by atoms with Gasteiger partial charge in [0.1, 0.15) is 5.75 Å². The van der Waals surface area contributed by atoms with Crippen molar-refractivity contribution in [2.75, 3.05) is 7.11 Å². The minimum Gasteiger partial charge on any atom is -0.495 e. The molecule has 0 unspecified atom stereocenters. The van der Waals surface area contributed by atoms with E-state index in [-0.39, 0.29) is 0 Å². The normalized spacial score (nSPS) is 10.7. The summed E-state index contributed by atoms with van der Waals surface area (Å²) in [6.07, 6.45) is 0. The first-order valence-electron chi connectivity index (χ1n) is 3.63. The summed E-state index contributed by atoms with van der Waals surface area (Å²) in [4.78, 5) is 0. The molecule has 2 rings (SSSR count). The molecule has 13 heavy (non-hydrogen) atoms. The highest BCUT2D eigenvalue weighted by Gasteiger charge is 2.10. The van der Waals surface area contributed by atoms with Crippen LogP contribution in [-0.2, 0) is 0 Å². The van der Waals surface area contributed by atoms with Gasteiger partial charge in [0.25, 0.3) is 0 Å². The van der Waals surface area contributed by atoms with Crippen molar-refractivity contribution in [1.29, 1.82) is 0 Å². The summed E-state index contributed by atoms with van der Waals surface area (Å²) >= 11 is 7.57. The van der Waals surface area contributed by atoms with Crippen molar-refractivity contribution in [3.05, 3.63) is 25.6 Å². The van der Waals surface area contributed by atoms with Gasteiger partial charge in [0.2, 0.25) is 0 Å². The second-order valence-corrected chi connectivity index (χ2v) is 5.47. The average Bonchev–Trinajstić information content (AvgIpc) is 2.53. The van der Waals surface area contributed by atoms with Gasteiger partial charge in [-0.15, -0.1) is 11.3 Å². The maximum atomic E-state index is 5.33. The van der Waals surface area contributed by atoms with E-state index in [9.17, 15) is 0 Å². The van der Waals surface area contributed by atoms with Gasteiger partial charge in [0, 0.05) is 8.96 Å².